The standard InChI is InChI=1S/C15H20FN3/c16-13-8-5-4-7-12(13)14-11-18-15(19-14)9-3-1-2-6-10-17/h4-5,7-8,11H,1-3,6,9-10,17H2,(H,18,19). The smallest absolute Gasteiger partial charge is 0.132 e. The van der Waals surface area contributed by atoms with Crippen molar-refractivity contribution in [1.29, 1.82) is 0 Å². The van der Waals surface area contributed by atoms with Crippen molar-refractivity contribution < 1.29 is 4.39 Å². The summed E-state index contributed by atoms with van der Waals surface area (Å²) >= 11 is 0. The molecule has 0 spiro atoms. The Morgan fingerprint density at radius 1 is 1.11 bits per heavy atom. The Bertz CT molecular complexity index is 508. The van der Waals surface area contributed by atoms with Gasteiger partial charge < -0.3 is 10.7 Å². The van der Waals surface area contributed by atoms with Gasteiger partial charge in [0.1, 0.15) is 11.6 Å². The van der Waals surface area contributed by atoms with Gasteiger partial charge in [0.25, 0.3) is 0 Å². The first-order valence-electron chi connectivity index (χ1n) is 6.80. The number of aromatic nitrogens is 2. The quantitative estimate of drug-likeness (QED) is 0.751. The molecule has 0 unspecified atom stereocenters. The Labute approximate surface area is 113 Å². The summed E-state index contributed by atoms with van der Waals surface area (Å²) in [5.74, 6) is 0.701. The second kappa shape index (κ2) is 7.04. The van der Waals surface area contributed by atoms with Crippen molar-refractivity contribution in [2.24, 2.45) is 5.73 Å². The number of nitrogens with zero attached hydrogens (tertiary/aromatic N) is 1. The monoisotopic (exact) mass is 261 g/mol. The normalized spacial score (nSPS) is 10.8. The Hall–Kier alpha value is -1.68. The minimum absolute atomic E-state index is 0.222. The number of nitrogens with two attached hydrogens (primary N) is 1. The zero-order chi connectivity index (χ0) is 13.5. The molecule has 0 amide bonds. The molecule has 0 aliphatic heterocycles. The zero-order valence-corrected chi connectivity index (χ0v) is 11.0. The van der Waals surface area contributed by atoms with Crippen molar-refractivity contribution >= 4 is 0 Å². The Balaban J connectivity index is 1.91. The predicted molar refractivity (Wildman–Crippen MR) is 75.2 cm³/mol. The predicted octanol–water partition coefficient (Wildman–Crippen LogP) is 3.28. The summed E-state index contributed by atoms with van der Waals surface area (Å²) < 4.78 is 13.6. The topological polar surface area (TPSA) is 54.7 Å². The maximum Gasteiger partial charge on any atom is 0.132 e. The lowest BCUT2D eigenvalue weighted by atomic mass is 10.1. The van der Waals surface area contributed by atoms with Gasteiger partial charge in [-0.25, -0.2) is 9.37 Å². The van der Waals surface area contributed by atoms with Crippen molar-refractivity contribution in [2.75, 3.05) is 6.54 Å². The van der Waals surface area contributed by atoms with Crippen LogP contribution in [-0.4, -0.2) is 16.5 Å². The van der Waals surface area contributed by atoms with E-state index in [9.17, 15) is 4.39 Å². The van der Waals surface area contributed by atoms with E-state index >= 15 is 0 Å². The number of unbranched alkanes of at least 4 members (excludes halogenated alkanes) is 3. The molecule has 0 aliphatic rings. The number of rotatable bonds is 7. The van der Waals surface area contributed by atoms with E-state index in [4.69, 9.17) is 5.73 Å². The maximum absolute atomic E-state index is 13.6. The highest BCUT2D eigenvalue weighted by molar-refractivity contribution is 5.59. The van der Waals surface area contributed by atoms with E-state index in [1.54, 1.807) is 18.3 Å². The fourth-order valence-corrected chi connectivity index (χ4v) is 2.10. The molecule has 19 heavy (non-hydrogen) atoms. The van der Waals surface area contributed by atoms with Crippen LogP contribution in [0.5, 0.6) is 0 Å². The maximum atomic E-state index is 13.6. The summed E-state index contributed by atoms with van der Waals surface area (Å²) in [4.78, 5) is 7.49. The van der Waals surface area contributed by atoms with Crippen LogP contribution in [0.4, 0.5) is 4.39 Å². The van der Waals surface area contributed by atoms with Crippen molar-refractivity contribution in [2.45, 2.75) is 32.1 Å². The molecule has 0 radical (unpaired) electrons. The Morgan fingerprint density at radius 2 is 1.89 bits per heavy atom. The minimum atomic E-state index is -0.222. The molecule has 0 fully saturated rings. The van der Waals surface area contributed by atoms with Crippen LogP contribution in [0.3, 0.4) is 0 Å². The van der Waals surface area contributed by atoms with Crippen LogP contribution in [0.2, 0.25) is 0 Å². The van der Waals surface area contributed by atoms with Gasteiger partial charge in [-0.1, -0.05) is 25.0 Å². The molecule has 102 valence electrons. The van der Waals surface area contributed by atoms with E-state index in [0.717, 1.165) is 50.2 Å². The highest BCUT2D eigenvalue weighted by Gasteiger charge is 2.07. The molecule has 2 rings (SSSR count). The van der Waals surface area contributed by atoms with E-state index in [-0.39, 0.29) is 5.82 Å². The lowest BCUT2D eigenvalue weighted by Crippen LogP contribution is -1.98. The lowest BCUT2D eigenvalue weighted by molar-refractivity contribution is 0.630. The van der Waals surface area contributed by atoms with Crippen LogP contribution in [0, 0.1) is 5.82 Å². The van der Waals surface area contributed by atoms with Crippen molar-refractivity contribution in [3.63, 3.8) is 0 Å². The largest absolute Gasteiger partial charge is 0.342 e. The number of hydrogen-bond acceptors (Lipinski definition) is 2. The average molecular weight is 261 g/mol. The number of H-pyrrole nitrogens is 1. The van der Waals surface area contributed by atoms with Gasteiger partial charge in [-0.2, -0.15) is 0 Å². The van der Waals surface area contributed by atoms with Crippen LogP contribution in [0.15, 0.2) is 30.5 Å². The minimum Gasteiger partial charge on any atom is -0.342 e. The molecule has 3 nitrogen and oxygen atoms in total. The molecule has 1 heterocycles. The second-order valence-corrected chi connectivity index (χ2v) is 4.68. The molecule has 0 atom stereocenters. The fourth-order valence-electron chi connectivity index (χ4n) is 2.10. The summed E-state index contributed by atoms with van der Waals surface area (Å²) in [6.07, 6.45) is 7.10. The van der Waals surface area contributed by atoms with E-state index in [1.807, 2.05) is 6.07 Å². The third-order valence-electron chi connectivity index (χ3n) is 3.16. The van der Waals surface area contributed by atoms with Gasteiger partial charge in [0.05, 0.1) is 11.9 Å². The SMILES string of the molecule is NCCCCCCc1ncc(-c2ccccc2F)[nH]1. The van der Waals surface area contributed by atoms with E-state index in [2.05, 4.69) is 9.97 Å². The molecule has 0 bridgehead atoms. The molecular weight excluding hydrogens is 241 g/mol. The zero-order valence-electron chi connectivity index (χ0n) is 11.0. The summed E-state index contributed by atoms with van der Waals surface area (Å²) in [6.45, 7) is 0.762. The summed E-state index contributed by atoms with van der Waals surface area (Å²) in [6, 6.07) is 6.73. The molecule has 0 aliphatic carbocycles. The average Bonchev–Trinajstić information content (AvgIpc) is 2.88. The van der Waals surface area contributed by atoms with Gasteiger partial charge in [0, 0.05) is 12.0 Å². The van der Waals surface area contributed by atoms with Gasteiger partial charge in [-0.3, -0.25) is 0 Å². The third kappa shape index (κ3) is 3.89. The van der Waals surface area contributed by atoms with Crippen molar-refractivity contribution in [1.82, 2.24) is 9.97 Å². The van der Waals surface area contributed by atoms with Gasteiger partial charge in [-0.15, -0.1) is 0 Å². The van der Waals surface area contributed by atoms with Crippen molar-refractivity contribution in [3.8, 4) is 11.3 Å². The fraction of sp³-hybridized carbons (Fsp3) is 0.400. The lowest BCUT2D eigenvalue weighted by Gasteiger charge is -2.00. The van der Waals surface area contributed by atoms with E-state index in [1.165, 1.54) is 6.07 Å². The highest BCUT2D eigenvalue weighted by atomic mass is 19.1. The molecule has 2 aromatic rings. The summed E-state index contributed by atoms with van der Waals surface area (Å²) in [5, 5.41) is 0. The molecule has 1 aromatic carbocycles. The number of aryl methyl sites for hydroxylation is 1. The number of aromatic amines is 1. The van der Waals surface area contributed by atoms with E-state index < -0.39 is 0 Å². The molecule has 1 aromatic heterocycles. The summed E-state index contributed by atoms with van der Waals surface area (Å²) in [7, 11) is 0. The van der Waals surface area contributed by atoms with Crippen LogP contribution >= 0.6 is 0 Å². The Kier molecular flexibility index (Phi) is 5.10. The summed E-state index contributed by atoms with van der Waals surface area (Å²) in [5.41, 5.74) is 6.77. The first-order chi connectivity index (χ1) is 9.31. The molecule has 0 saturated carbocycles. The van der Waals surface area contributed by atoms with Crippen LogP contribution in [-0.2, 0) is 6.42 Å². The second-order valence-electron chi connectivity index (χ2n) is 4.68. The first kappa shape index (κ1) is 13.7. The number of nitrogens with one attached hydrogen (secondary N) is 1. The number of halogens is 1. The van der Waals surface area contributed by atoms with Gasteiger partial charge in [0.2, 0.25) is 0 Å². The number of imidazole rings is 1. The van der Waals surface area contributed by atoms with Gasteiger partial charge >= 0.3 is 0 Å². The Morgan fingerprint density at radius 3 is 2.68 bits per heavy atom. The van der Waals surface area contributed by atoms with E-state index in [0.29, 0.717) is 5.56 Å². The molecule has 4 heteroatoms. The van der Waals surface area contributed by atoms with Crippen LogP contribution < -0.4 is 5.73 Å². The molecule has 0 saturated heterocycles. The molecule has 3 N–H and O–H groups in total. The number of hydrogen-bond donors (Lipinski definition) is 2. The van der Waals surface area contributed by atoms with Crippen LogP contribution in [0.1, 0.15) is 31.5 Å². The third-order valence-corrected chi connectivity index (χ3v) is 3.16. The van der Waals surface area contributed by atoms with Crippen LogP contribution in [0.25, 0.3) is 11.3 Å². The van der Waals surface area contributed by atoms with Crippen molar-refractivity contribution in [3.05, 3.63) is 42.1 Å². The molecular formula is C15H20FN3. The number of benzene rings is 1. The van der Waals surface area contributed by atoms with Gasteiger partial charge in [0.15, 0.2) is 0 Å². The highest BCUT2D eigenvalue weighted by Crippen LogP contribution is 2.20. The first-order valence-corrected chi connectivity index (χ1v) is 6.80. The van der Waals surface area contributed by atoms with Gasteiger partial charge in [-0.05, 0) is 31.5 Å².